The van der Waals surface area contributed by atoms with Crippen molar-refractivity contribution in [2.24, 2.45) is 18.9 Å². The number of aryl methyl sites for hydroxylation is 1. The molecule has 0 amide bonds. The van der Waals surface area contributed by atoms with Gasteiger partial charge in [-0.15, -0.1) is 0 Å². The van der Waals surface area contributed by atoms with Crippen molar-refractivity contribution in [3.63, 3.8) is 0 Å². The molecule has 1 aliphatic carbocycles. The highest BCUT2D eigenvalue weighted by Gasteiger charge is 2.27. The van der Waals surface area contributed by atoms with E-state index in [-0.39, 0.29) is 0 Å². The summed E-state index contributed by atoms with van der Waals surface area (Å²) in [7, 11) is 2.01. The zero-order valence-electron chi connectivity index (χ0n) is 8.33. The molecule has 2 rings (SSSR count). The van der Waals surface area contributed by atoms with Crippen LogP contribution in [0.2, 0.25) is 0 Å². The number of hydrogen-bond donors (Lipinski definition) is 1. The summed E-state index contributed by atoms with van der Waals surface area (Å²) >= 11 is 0. The van der Waals surface area contributed by atoms with E-state index in [0.717, 1.165) is 24.3 Å². The molecule has 1 aromatic heterocycles. The predicted molar refractivity (Wildman–Crippen MR) is 53.6 cm³/mol. The van der Waals surface area contributed by atoms with Crippen LogP contribution in [0.5, 0.6) is 0 Å². The summed E-state index contributed by atoms with van der Waals surface area (Å²) in [5, 5.41) is 3.37. The smallest absolute Gasteiger partial charge is 0.202 e. The van der Waals surface area contributed by atoms with Crippen molar-refractivity contribution in [1.29, 1.82) is 0 Å². The molecule has 0 radical (unpaired) electrons. The monoisotopic (exact) mass is 179 g/mol. The van der Waals surface area contributed by atoms with Crippen molar-refractivity contribution >= 4 is 5.95 Å². The van der Waals surface area contributed by atoms with E-state index in [1.165, 1.54) is 12.8 Å². The van der Waals surface area contributed by atoms with E-state index in [4.69, 9.17) is 0 Å². The molecule has 0 aliphatic heterocycles. The Balaban J connectivity index is 1.81. The summed E-state index contributed by atoms with van der Waals surface area (Å²) in [5.74, 6) is 2.73. The Bertz CT molecular complexity index is 275. The van der Waals surface area contributed by atoms with E-state index in [1.54, 1.807) is 0 Å². The fraction of sp³-hybridized carbons (Fsp3) is 0.700. The van der Waals surface area contributed by atoms with Crippen molar-refractivity contribution < 1.29 is 0 Å². The highest BCUT2D eigenvalue weighted by atomic mass is 15.2. The average molecular weight is 179 g/mol. The lowest BCUT2D eigenvalue weighted by Crippen LogP contribution is -2.15. The summed E-state index contributed by atoms with van der Waals surface area (Å²) in [6.45, 7) is 3.36. The maximum atomic E-state index is 4.22. The lowest BCUT2D eigenvalue weighted by Gasteiger charge is -2.11. The summed E-state index contributed by atoms with van der Waals surface area (Å²) in [5.41, 5.74) is 0. The van der Waals surface area contributed by atoms with Crippen LogP contribution < -0.4 is 5.32 Å². The Morgan fingerprint density at radius 1 is 1.69 bits per heavy atom. The molecule has 1 heterocycles. The second-order valence-electron chi connectivity index (χ2n) is 4.06. The molecule has 3 heteroatoms. The first kappa shape index (κ1) is 8.60. The van der Waals surface area contributed by atoms with Gasteiger partial charge in [0.25, 0.3) is 0 Å². The highest BCUT2D eigenvalue weighted by Crippen LogP contribution is 2.36. The molecule has 1 unspecified atom stereocenters. The minimum Gasteiger partial charge on any atom is -0.355 e. The molecule has 0 bridgehead atoms. The van der Waals surface area contributed by atoms with Crippen LogP contribution in [-0.4, -0.2) is 16.1 Å². The summed E-state index contributed by atoms with van der Waals surface area (Å²) in [6.07, 6.45) is 6.63. The zero-order valence-corrected chi connectivity index (χ0v) is 8.33. The van der Waals surface area contributed by atoms with Crippen LogP contribution in [0, 0.1) is 11.8 Å². The molecule has 0 aromatic carbocycles. The fourth-order valence-electron chi connectivity index (χ4n) is 1.62. The van der Waals surface area contributed by atoms with E-state index >= 15 is 0 Å². The molecule has 13 heavy (non-hydrogen) atoms. The Kier molecular flexibility index (Phi) is 2.25. The van der Waals surface area contributed by atoms with Crippen molar-refractivity contribution in [3.8, 4) is 0 Å². The summed E-state index contributed by atoms with van der Waals surface area (Å²) in [4.78, 5) is 4.22. The minimum atomic E-state index is 0.789. The van der Waals surface area contributed by atoms with Gasteiger partial charge in [0, 0.05) is 26.0 Å². The molecular weight excluding hydrogens is 162 g/mol. The molecule has 1 atom stereocenters. The van der Waals surface area contributed by atoms with Gasteiger partial charge >= 0.3 is 0 Å². The summed E-state index contributed by atoms with van der Waals surface area (Å²) in [6, 6.07) is 0. The lowest BCUT2D eigenvalue weighted by molar-refractivity contribution is 0.534. The largest absolute Gasteiger partial charge is 0.355 e. The van der Waals surface area contributed by atoms with E-state index in [1.807, 2.05) is 24.0 Å². The molecule has 1 fully saturated rings. The van der Waals surface area contributed by atoms with Crippen LogP contribution in [0.4, 0.5) is 5.95 Å². The molecule has 0 saturated heterocycles. The van der Waals surface area contributed by atoms with Gasteiger partial charge in [0.15, 0.2) is 0 Å². The first-order chi connectivity index (χ1) is 6.27. The van der Waals surface area contributed by atoms with Gasteiger partial charge in [-0.05, 0) is 24.7 Å². The quantitative estimate of drug-likeness (QED) is 0.764. The SMILES string of the molecule is CC(CNc1nccn1C)C1CC1. The molecule has 0 spiro atoms. The molecular formula is C10H17N3. The Labute approximate surface area is 79.2 Å². The van der Waals surface area contributed by atoms with Gasteiger partial charge in [-0.1, -0.05) is 6.92 Å². The van der Waals surface area contributed by atoms with Gasteiger partial charge in [-0.3, -0.25) is 0 Å². The van der Waals surface area contributed by atoms with Crippen LogP contribution in [0.15, 0.2) is 12.4 Å². The number of hydrogen-bond acceptors (Lipinski definition) is 2. The lowest BCUT2D eigenvalue weighted by atomic mass is 10.1. The third kappa shape index (κ3) is 2.02. The van der Waals surface area contributed by atoms with Gasteiger partial charge in [-0.2, -0.15) is 0 Å². The summed E-state index contributed by atoms with van der Waals surface area (Å²) < 4.78 is 2.01. The average Bonchev–Trinajstić information content (AvgIpc) is 2.88. The van der Waals surface area contributed by atoms with Crippen LogP contribution in [0.3, 0.4) is 0 Å². The van der Waals surface area contributed by atoms with Crippen LogP contribution in [0.1, 0.15) is 19.8 Å². The molecule has 1 aliphatic rings. The van der Waals surface area contributed by atoms with Crippen LogP contribution in [-0.2, 0) is 7.05 Å². The number of aromatic nitrogens is 2. The minimum absolute atomic E-state index is 0.789. The molecule has 1 aromatic rings. The predicted octanol–water partition coefficient (Wildman–Crippen LogP) is 1.88. The first-order valence-electron chi connectivity index (χ1n) is 4.98. The zero-order chi connectivity index (χ0) is 9.26. The maximum Gasteiger partial charge on any atom is 0.202 e. The number of nitrogens with zero attached hydrogens (tertiary/aromatic N) is 2. The maximum absolute atomic E-state index is 4.22. The topological polar surface area (TPSA) is 29.9 Å². The Morgan fingerprint density at radius 2 is 2.46 bits per heavy atom. The van der Waals surface area contributed by atoms with Crippen molar-refractivity contribution in [3.05, 3.63) is 12.4 Å². The standard InChI is InChI=1S/C10H17N3/c1-8(9-3-4-9)7-12-10-11-5-6-13(10)2/h5-6,8-9H,3-4,7H2,1-2H3,(H,11,12). The van der Waals surface area contributed by atoms with Gasteiger partial charge < -0.3 is 9.88 Å². The normalized spacial score (nSPS) is 18.6. The molecule has 1 saturated carbocycles. The molecule has 3 nitrogen and oxygen atoms in total. The van der Waals surface area contributed by atoms with Crippen LogP contribution in [0.25, 0.3) is 0 Å². The number of rotatable bonds is 4. The van der Waals surface area contributed by atoms with Gasteiger partial charge in [-0.25, -0.2) is 4.98 Å². The fourth-order valence-corrected chi connectivity index (χ4v) is 1.62. The van der Waals surface area contributed by atoms with Crippen molar-refractivity contribution in [2.45, 2.75) is 19.8 Å². The second kappa shape index (κ2) is 3.40. The third-order valence-electron chi connectivity index (χ3n) is 2.83. The van der Waals surface area contributed by atoms with Gasteiger partial charge in [0.05, 0.1) is 0 Å². The van der Waals surface area contributed by atoms with Gasteiger partial charge in [0.2, 0.25) is 5.95 Å². The van der Waals surface area contributed by atoms with Crippen molar-refractivity contribution in [1.82, 2.24) is 9.55 Å². The third-order valence-corrected chi connectivity index (χ3v) is 2.83. The number of nitrogens with one attached hydrogen (secondary N) is 1. The Morgan fingerprint density at radius 3 is 3.00 bits per heavy atom. The van der Waals surface area contributed by atoms with E-state index in [2.05, 4.69) is 17.2 Å². The van der Waals surface area contributed by atoms with E-state index < -0.39 is 0 Å². The first-order valence-corrected chi connectivity index (χ1v) is 4.98. The molecule has 72 valence electrons. The highest BCUT2D eigenvalue weighted by molar-refractivity contribution is 5.25. The van der Waals surface area contributed by atoms with E-state index in [9.17, 15) is 0 Å². The number of anilines is 1. The Hall–Kier alpha value is -0.990. The number of imidazole rings is 1. The van der Waals surface area contributed by atoms with E-state index in [0.29, 0.717) is 0 Å². The van der Waals surface area contributed by atoms with Gasteiger partial charge in [0.1, 0.15) is 0 Å². The van der Waals surface area contributed by atoms with Crippen molar-refractivity contribution in [2.75, 3.05) is 11.9 Å². The second-order valence-corrected chi connectivity index (χ2v) is 4.06. The molecule has 1 N–H and O–H groups in total. The van der Waals surface area contributed by atoms with Crippen LogP contribution >= 0.6 is 0 Å².